The summed E-state index contributed by atoms with van der Waals surface area (Å²) >= 11 is 12.3. The zero-order chi connectivity index (χ0) is 22.5. The first-order chi connectivity index (χ1) is 14.8. The van der Waals surface area contributed by atoms with Crippen molar-refractivity contribution in [3.05, 3.63) is 46.0 Å². The maximum atomic E-state index is 15.1. The number of nitrogens with one attached hydrogen (secondary N) is 1. The fourth-order valence-electron chi connectivity index (χ4n) is 3.63. The highest BCUT2D eigenvalue weighted by Gasteiger charge is 2.28. The first-order valence-electron chi connectivity index (χ1n) is 9.83. The Hall–Kier alpha value is -2.20. The van der Waals surface area contributed by atoms with E-state index in [0.717, 1.165) is 5.56 Å². The number of halogens is 3. The molecule has 2 heterocycles. The predicted molar refractivity (Wildman–Crippen MR) is 119 cm³/mol. The van der Waals surface area contributed by atoms with Gasteiger partial charge in [0.25, 0.3) is 0 Å². The second-order valence-corrected chi connectivity index (χ2v) is 8.41. The second-order valence-electron chi connectivity index (χ2n) is 7.63. The summed E-state index contributed by atoms with van der Waals surface area (Å²) in [5, 5.41) is 14.2. The predicted octanol–water partition coefficient (Wildman–Crippen LogP) is 2.14. The number of nitrogens with two attached hydrogens (primary N) is 1. The molecule has 3 rings (SSSR count). The van der Waals surface area contributed by atoms with E-state index in [1.807, 2.05) is 11.0 Å². The van der Waals surface area contributed by atoms with Crippen molar-refractivity contribution >= 4 is 40.7 Å². The minimum atomic E-state index is -0.655. The van der Waals surface area contributed by atoms with E-state index in [1.54, 1.807) is 24.1 Å². The van der Waals surface area contributed by atoms with E-state index in [0.29, 0.717) is 42.6 Å². The van der Waals surface area contributed by atoms with E-state index in [1.165, 1.54) is 6.33 Å². The number of anilines is 2. The van der Waals surface area contributed by atoms with Gasteiger partial charge in [0.2, 0.25) is 11.7 Å². The maximum Gasteiger partial charge on any atom is 0.231 e. The smallest absolute Gasteiger partial charge is 0.231 e. The highest BCUT2D eigenvalue weighted by Crippen LogP contribution is 2.29. The molecule has 0 bridgehead atoms. The van der Waals surface area contributed by atoms with Gasteiger partial charge in [0.1, 0.15) is 6.33 Å². The monoisotopic (exact) mass is 470 g/mol. The summed E-state index contributed by atoms with van der Waals surface area (Å²) in [4.78, 5) is 22.5. The molecule has 2 atom stereocenters. The summed E-state index contributed by atoms with van der Waals surface area (Å²) in [6.07, 6.45) is 1.27. The molecule has 168 valence electrons. The Balaban J connectivity index is 1.63. The Morgan fingerprint density at radius 1 is 1.42 bits per heavy atom. The Bertz CT molecular complexity index is 935. The van der Waals surface area contributed by atoms with Gasteiger partial charge in [-0.05, 0) is 24.6 Å². The van der Waals surface area contributed by atoms with E-state index < -0.39 is 17.8 Å². The van der Waals surface area contributed by atoms with Crippen molar-refractivity contribution in [1.29, 1.82) is 0 Å². The van der Waals surface area contributed by atoms with Gasteiger partial charge in [0.15, 0.2) is 11.6 Å². The molecule has 1 aliphatic heterocycles. The van der Waals surface area contributed by atoms with E-state index >= 15 is 4.39 Å². The van der Waals surface area contributed by atoms with Crippen molar-refractivity contribution in [2.75, 3.05) is 43.4 Å². The Kier molecular flexibility index (Phi) is 7.88. The molecule has 2 unspecified atom stereocenters. The van der Waals surface area contributed by atoms with Crippen LogP contribution in [0, 0.1) is 11.7 Å². The minimum absolute atomic E-state index is 0.0563. The van der Waals surface area contributed by atoms with Gasteiger partial charge in [-0.2, -0.15) is 4.39 Å². The lowest BCUT2D eigenvalue weighted by molar-refractivity contribution is -0.120. The van der Waals surface area contributed by atoms with Crippen molar-refractivity contribution in [1.82, 2.24) is 14.9 Å². The van der Waals surface area contributed by atoms with Crippen molar-refractivity contribution in [2.45, 2.75) is 19.1 Å². The minimum Gasteiger partial charge on any atom is -0.391 e. The van der Waals surface area contributed by atoms with E-state index in [4.69, 9.17) is 28.9 Å². The zero-order valence-electron chi connectivity index (χ0n) is 17.1. The van der Waals surface area contributed by atoms with Crippen molar-refractivity contribution < 1.29 is 14.3 Å². The first-order valence-corrected chi connectivity index (χ1v) is 10.6. The molecular weight excluding hydrogens is 446 g/mol. The molecule has 4 N–H and O–H groups in total. The summed E-state index contributed by atoms with van der Waals surface area (Å²) < 4.78 is 15.1. The summed E-state index contributed by atoms with van der Waals surface area (Å²) in [5.74, 6) is -0.956. The molecule has 1 saturated heterocycles. The third kappa shape index (κ3) is 5.94. The number of hydrogen-bond donors (Lipinski definition) is 3. The number of β-amino-alcohol motifs (C(OH)–C–C–N with tert-alkyl or cyclic N) is 1. The van der Waals surface area contributed by atoms with Gasteiger partial charge in [-0.1, -0.05) is 35.3 Å². The largest absolute Gasteiger partial charge is 0.391 e. The van der Waals surface area contributed by atoms with E-state index in [9.17, 15) is 9.90 Å². The zero-order valence-corrected chi connectivity index (χ0v) is 18.6. The number of piperidine rings is 1. The van der Waals surface area contributed by atoms with Crippen LogP contribution in [0.5, 0.6) is 0 Å². The third-order valence-electron chi connectivity index (χ3n) is 5.29. The van der Waals surface area contributed by atoms with Crippen LogP contribution in [-0.4, -0.2) is 65.2 Å². The summed E-state index contributed by atoms with van der Waals surface area (Å²) in [5.41, 5.74) is 5.95. The molecule has 0 saturated carbocycles. The highest BCUT2D eigenvalue weighted by molar-refractivity contribution is 6.42. The van der Waals surface area contributed by atoms with E-state index in [2.05, 4.69) is 15.3 Å². The lowest BCUT2D eigenvalue weighted by atomic mass is 9.94. The molecule has 0 radical (unpaired) electrons. The van der Waals surface area contributed by atoms with Crippen LogP contribution in [0.3, 0.4) is 0 Å². The second kappa shape index (κ2) is 10.4. The van der Waals surface area contributed by atoms with Gasteiger partial charge in [-0.15, -0.1) is 0 Å². The van der Waals surface area contributed by atoms with Crippen molar-refractivity contribution in [3.8, 4) is 0 Å². The summed E-state index contributed by atoms with van der Waals surface area (Å²) in [6.45, 7) is 1.74. The molecular formula is C20H25Cl2FN6O2. The molecule has 8 nitrogen and oxygen atoms in total. The van der Waals surface area contributed by atoms with Crippen LogP contribution in [-0.2, 0) is 11.3 Å². The van der Waals surface area contributed by atoms with Crippen LogP contribution in [0.4, 0.5) is 16.0 Å². The average molecular weight is 471 g/mol. The topological polar surface area (TPSA) is 108 Å². The van der Waals surface area contributed by atoms with Gasteiger partial charge >= 0.3 is 0 Å². The molecule has 1 aliphatic rings. The molecule has 0 spiro atoms. The highest BCUT2D eigenvalue weighted by atomic mass is 35.5. The van der Waals surface area contributed by atoms with Crippen molar-refractivity contribution in [3.63, 3.8) is 0 Å². The number of aliphatic hydroxyl groups excluding tert-OH is 1. The van der Waals surface area contributed by atoms with E-state index in [-0.39, 0.29) is 24.1 Å². The molecule has 11 heteroatoms. The van der Waals surface area contributed by atoms with Crippen LogP contribution in [0.15, 0.2) is 24.5 Å². The normalized spacial score (nSPS) is 19.3. The number of primary amides is 1. The fourth-order valence-corrected chi connectivity index (χ4v) is 4.01. The number of nitrogens with zero attached hydrogens (tertiary/aromatic N) is 4. The number of hydrogen-bond acceptors (Lipinski definition) is 7. The quantitative estimate of drug-likeness (QED) is 0.542. The lowest BCUT2D eigenvalue weighted by Gasteiger charge is -2.35. The van der Waals surface area contributed by atoms with Gasteiger partial charge in [-0.25, -0.2) is 9.97 Å². The number of carbonyl (C=O) groups is 1. The van der Waals surface area contributed by atoms with Gasteiger partial charge in [-0.3, -0.25) is 9.69 Å². The molecule has 1 fully saturated rings. The van der Waals surface area contributed by atoms with Crippen LogP contribution >= 0.6 is 23.2 Å². The number of carbonyl (C=O) groups excluding carboxylic acids is 1. The molecule has 1 aromatic heterocycles. The summed E-state index contributed by atoms with van der Waals surface area (Å²) in [6, 6.07) is 5.28. The fraction of sp³-hybridized carbons (Fsp3) is 0.450. The third-order valence-corrected chi connectivity index (χ3v) is 6.15. The maximum absolute atomic E-state index is 15.1. The first kappa shape index (κ1) is 23.5. The number of aromatic nitrogens is 2. The van der Waals surface area contributed by atoms with Gasteiger partial charge < -0.3 is 21.1 Å². The van der Waals surface area contributed by atoms with Crippen LogP contribution in [0.1, 0.15) is 12.0 Å². The molecule has 2 aromatic rings. The number of benzene rings is 1. The van der Waals surface area contributed by atoms with Gasteiger partial charge in [0, 0.05) is 32.6 Å². The van der Waals surface area contributed by atoms with Crippen LogP contribution in [0.25, 0.3) is 0 Å². The van der Waals surface area contributed by atoms with Crippen LogP contribution in [0.2, 0.25) is 10.0 Å². The number of likely N-dealkylation sites (tertiary alicyclic amines) is 1. The number of rotatable bonds is 8. The number of amides is 1. The average Bonchev–Trinajstić information content (AvgIpc) is 2.71. The molecule has 1 aromatic carbocycles. The molecule has 0 aliphatic carbocycles. The molecule has 31 heavy (non-hydrogen) atoms. The lowest BCUT2D eigenvalue weighted by Crippen LogP contribution is -2.48. The standard InChI is InChI=1S/C20H25Cl2FN6O2/c1-28(8-13-3-2-4-14(21)17(13)22)20-18(23)19(26-11-27-20)25-7-12-5-6-29(9-15(12)30)10-16(24)31/h2-4,11-12,15,30H,5-10H2,1H3,(H2,24,31)(H,25,26,27). The summed E-state index contributed by atoms with van der Waals surface area (Å²) in [7, 11) is 1.70. The Labute approximate surface area is 190 Å². The molecule has 1 amide bonds. The Morgan fingerprint density at radius 3 is 2.90 bits per heavy atom. The van der Waals surface area contributed by atoms with Crippen molar-refractivity contribution in [2.24, 2.45) is 11.7 Å². The number of aliphatic hydroxyl groups is 1. The Morgan fingerprint density at radius 2 is 2.19 bits per heavy atom. The SMILES string of the molecule is CN(Cc1cccc(Cl)c1Cl)c1ncnc(NCC2CCN(CC(N)=O)CC2O)c1F. The van der Waals surface area contributed by atoms with Crippen LogP contribution < -0.4 is 16.0 Å². The van der Waals surface area contributed by atoms with Gasteiger partial charge in [0.05, 0.1) is 22.7 Å².